The topological polar surface area (TPSA) is 79.6 Å². The molecule has 0 saturated heterocycles. The maximum absolute atomic E-state index is 12.2. The molecule has 3 heterocycles. The van der Waals surface area contributed by atoms with Crippen molar-refractivity contribution in [2.75, 3.05) is 18.4 Å². The van der Waals surface area contributed by atoms with Crippen LogP contribution in [0, 0.1) is 6.92 Å². The number of aryl methyl sites for hydroxylation is 1. The highest BCUT2D eigenvalue weighted by Gasteiger charge is 2.26. The molecule has 0 unspecified atom stereocenters. The third-order valence-electron chi connectivity index (χ3n) is 4.16. The molecule has 0 bridgehead atoms. The van der Waals surface area contributed by atoms with Crippen molar-refractivity contribution in [2.24, 2.45) is 4.99 Å². The first-order valence-corrected chi connectivity index (χ1v) is 9.10. The molecule has 0 saturated carbocycles. The number of nitrogens with one attached hydrogen (secondary N) is 1. The SMILES string of the molecule is Cc1cc(=O)n(CC(=O)Nc2ccc(C3=CSC4=NCCN34)cc2)cn1. The Bertz CT molecular complexity index is 978. The number of fused-ring (bicyclic) bond motifs is 1. The molecular formula is C18H17N5O2S. The maximum Gasteiger partial charge on any atom is 0.253 e. The third-order valence-corrected chi connectivity index (χ3v) is 5.06. The van der Waals surface area contributed by atoms with Gasteiger partial charge in [0.2, 0.25) is 5.91 Å². The molecule has 1 aromatic carbocycles. The zero-order chi connectivity index (χ0) is 18.1. The highest BCUT2D eigenvalue weighted by Crippen LogP contribution is 2.35. The molecule has 1 amide bonds. The Morgan fingerprint density at radius 3 is 2.88 bits per heavy atom. The van der Waals surface area contributed by atoms with Crippen LogP contribution in [0.15, 0.2) is 51.9 Å². The zero-order valence-corrected chi connectivity index (χ0v) is 15.0. The van der Waals surface area contributed by atoms with Crippen molar-refractivity contribution in [3.05, 3.63) is 63.7 Å². The van der Waals surface area contributed by atoms with E-state index in [2.05, 4.69) is 25.6 Å². The van der Waals surface area contributed by atoms with E-state index in [1.54, 1.807) is 18.7 Å². The minimum absolute atomic E-state index is 0.0662. The number of hydrogen-bond donors (Lipinski definition) is 1. The molecule has 26 heavy (non-hydrogen) atoms. The van der Waals surface area contributed by atoms with Gasteiger partial charge in [-0.3, -0.25) is 19.1 Å². The minimum atomic E-state index is -0.268. The number of anilines is 1. The van der Waals surface area contributed by atoms with E-state index in [9.17, 15) is 9.59 Å². The van der Waals surface area contributed by atoms with Gasteiger partial charge in [0.1, 0.15) is 6.54 Å². The number of thioether (sulfide) groups is 1. The average Bonchev–Trinajstić information content (AvgIpc) is 3.22. The number of carbonyl (C=O) groups excluding carboxylic acids is 1. The molecule has 0 atom stereocenters. The molecule has 1 N–H and O–H groups in total. The first-order valence-electron chi connectivity index (χ1n) is 8.22. The molecule has 0 radical (unpaired) electrons. The van der Waals surface area contributed by atoms with Crippen molar-refractivity contribution in [3.8, 4) is 0 Å². The van der Waals surface area contributed by atoms with Gasteiger partial charge < -0.3 is 10.2 Å². The largest absolute Gasteiger partial charge is 0.325 e. The molecule has 0 aliphatic carbocycles. The van der Waals surface area contributed by atoms with Crippen LogP contribution in [-0.4, -0.2) is 38.6 Å². The second kappa shape index (κ2) is 6.80. The number of hydrogen-bond acceptors (Lipinski definition) is 6. The lowest BCUT2D eigenvalue weighted by molar-refractivity contribution is -0.116. The molecule has 2 aliphatic rings. The van der Waals surface area contributed by atoms with E-state index in [-0.39, 0.29) is 18.0 Å². The van der Waals surface area contributed by atoms with E-state index >= 15 is 0 Å². The number of amides is 1. The minimum Gasteiger partial charge on any atom is -0.325 e. The van der Waals surface area contributed by atoms with Crippen molar-refractivity contribution >= 4 is 34.2 Å². The Labute approximate surface area is 154 Å². The average molecular weight is 367 g/mol. The number of rotatable bonds is 4. The van der Waals surface area contributed by atoms with Gasteiger partial charge in [-0.25, -0.2) is 4.98 Å². The molecular weight excluding hydrogens is 350 g/mol. The summed E-state index contributed by atoms with van der Waals surface area (Å²) in [6, 6.07) is 9.08. The van der Waals surface area contributed by atoms with Gasteiger partial charge >= 0.3 is 0 Å². The molecule has 0 fully saturated rings. The van der Waals surface area contributed by atoms with Gasteiger partial charge in [0, 0.05) is 29.4 Å². The van der Waals surface area contributed by atoms with Gasteiger partial charge in [-0.2, -0.15) is 0 Å². The van der Waals surface area contributed by atoms with Crippen LogP contribution in [0.3, 0.4) is 0 Å². The van der Waals surface area contributed by atoms with E-state index in [0.29, 0.717) is 11.4 Å². The van der Waals surface area contributed by atoms with E-state index in [1.807, 2.05) is 24.3 Å². The number of carbonyl (C=O) groups is 1. The van der Waals surface area contributed by atoms with E-state index in [0.717, 1.165) is 29.5 Å². The van der Waals surface area contributed by atoms with Crippen LogP contribution in [0.25, 0.3) is 5.70 Å². The van der Waals surface area contributed by atoms with Gasteiger partial charge in [0.15, 0.2) is 5.17 Å². The first kappa shape index (κ1) is 16.6. The maximum atomic E-state index is 12.2. The number of aliphatic imine (C=N–C) groups is 1. The quantitative estimate of drug-likeness (QED) is 0.893. The van der Waals surface area contributed by atoms with Crippen molar-refractivity contribution in [3.63, 3.8) is 0 Å². The Morgan fingerprint density at radius 2 is 2.12 bits per heavy atom. The van der Waals surface area contributed by atoms with E-state index in [1.165, 1.54) is 17.0 Å². The fourth-order valence-corrected chi connectivity index (χ4v) is 3.82. The molecule has 8 heteroatoms. The summed E-state index contributed by atoms with van der Waals surface area (Å²) in [5.74, 6) is -0.268. The molecule has 4 rings (SSSR count). The summed E-state index contributed by atoms with van der Waals surface area (Å²) >= 11 is 1.64. The fourth-order valence-electron chi connectivity index (χ4n) is 2.86. The predicted molar refractivity (Wildman–Crippen MR) is 103 cm³/mol. The summed E-state index contributed by atoms with van der Waals surface area (Å²) in [6.07, 6.45) is 1.39. The zero-order valence-electron chi connectivity index (χ0n) is 14.2. The van der Waals surface area contributed by atoms with Crippen LogP contribution in [0.2, 0.25) is 0 Å². The summed E-state index contributed by atoms with van der Waals surface area (Å²) < 4.78 is 1.28. The molecule has 2 aromatic rings. The first-order chi connectivity index (χ1) is 12.6. The van der Waals surface area contributed by atoms with E-state index < -0.39 is 0 Å². The highest BCUT2D eigenvalue weighted by atomic mass is 32.2. The van der Waals surface area contributed by atoms with Crippen molar-refractivity contribution < 1.29 is 4.79 Å². The number of aromatic nitrogens is 2. The molecule has 7 nitrogen and oxygen atoms in total. The Morgan fingerprint density at radius 1 is 1.31 bits per heavy atom. The van der Waals surface area contributed by atoms with Crippen molar-refractivity contribution in [2.45, 2.75) is 13.5 Å². The number of nitrogens with zero attached hydrogens (tertiary/aromatic N) is 4. The van der Waals surface area contributed by atoms with Crippen LogP contribution in [0.1, 0.15) is 11.3 Å². The van der Waals surface area contributed by atoms with E-state index in [4.69, 9.17) is 0 Å². The van der Waals surface area contributed by atoms with Gasteiger partial charge in [-0.05, 0) is 24.6 Å². The summed E-state index contributed by atoms with van der Waals surface area (Å²) in [7, 11) is 0. The fraction of sp³-hybridized carbons (Fsp3) is 0.222. The lowest BCUT2D eigenvalue weighted by Gasteiger charge is -2.17. The van der Waals surface area contributed by atoms with Crippen LogP contribution in [0.4, 0.5) is 5.69 Å². The highest BCUT2D eigenvalue weighted by molar-refractivity contribution is 8.16. The van der Waals surface area contributed by atoms with Crippen molar-refractivity contribution in [1.82, 2.24) is 14.5 Å². The van der Waals surface area contributed by atoms with Gasteiger partial charge in [-0.15, -0.1) is 0 Å². The summed E-state index contributed by atoms with van der Waals surface area (Å²) in [5, 5.41) is 5.96. The van der Waals surface area contributed by atoms with Crippen LogP contribution in [-0.2, 0) is 11.3 Å². The summed E-state index contributed by atoms with van der Waals surface area (Å²) in [5.41, 5.74) is 3.31. The molecule has 2 aliphatic heterocycles. The van der Waals surface area contributed by atoms with Crippen LogP contribution >= 0.6 is 11.8 Å². The summed E-state index contributed by atoms with van der Waals surface area (Å²) in [4.78, 5) is 34.7. The van der Waals surface area contributed by atoms with Gasteiger partial charge in [0.05, 0.1) is 18.6 Å². The molecule has 132 valence electrons. The van der Waals surface area contributed by atoms with Gasteiger partial charge in [-0.1, -0.05) is 23.9 Å². The number of benzene rings is 1. The Hall–Kier alpha value is -2.87. The molecule has 1 aromatic heterocycles. The second-order valence-electron chi connectivity index (χ2n) is 6.06. The second-order valence-corrected chi connectivity index (χ2v) is 6.90. The predicted octanol–water partition coefficient (Wildman–Crippen LogP) is 1.91. The van der Waals surface area contributed by atoms with Crippen LogP contribution < -0.4 is 10.9 Å². The summed E-state index contributed by atoms with van der Waals surface area (Å²) in [6.45, 7) is 3.42. The molecule has 0 spiro atoms. The third kappa shape index (κ3) is 3.28. The lowest BCUT2D eigenvalue weighted by atomic mass is 10.1. The number of amidine groups is 1. The Balaban J connectivity index is 1.42. The Kier molecular flexibility index (Phi) is 4.34. The van der Waals surface area contributed by atoms with Crippen LogP contribution in [0.5, 0.6) is 0 Å². The van der Waals surface area contributed by atoms with Gasteiger partial charge in [0.25, 0.3) is 5.56 Å². The van der Waals surface area contributed by atoms with Crippen molar-refractivity contribution in [1.29, 1.82) is 0 Å². The monoisotopic (exact) mass is 367 g/mol. The normalized spacial score (nSPS) is 15.5. The standard InChI is InChI=1S/C18H17N5O2S/c1-12-8-17(25)22(11-20-12)9-16(24)21-14-4-2-13(3-5-14)15-10-26-18-19-6-7-23(15)18/h2-5,8,10-11H,6-7,9H2,1H3,(H,21,24). The smallest absolute Gasteiger partial charge is 0.253 e. The lowest BCUT2D eigenvalue weighted by Crippen LogP contribution is -2.27.